The number of ether oxygens (including phenoxy) is 1. The summed E-state index contributed by atoms with van der Waals surface area (Å²) >= 11 is 1.55. The van der Waals surface area contributed by atoms with E-state index in [0.717, 1.165) is 11.4 Å². The van der Waals surface area contributed by atoms with Gasteiger partial charge in [-0.1, -0.05) is 0 Å². The molecule has 0 radical (unpaired) electrons. The predicted molar refractivity (Wildman–Crippen MR) is 90.0 cm³/mol. The van der Waals surface area contributed by atoms with E-state index in [9.17, 15) is 4.79 Å². The highest BCUT2D eigenvalue weighted by Crippen LogP contribution is 2.22. The Hall–Kier alpha value is -2.19. The highest BCUT2D eigenvalue weighted by Gasteiger charge is 2.26. The molecule has 1 saturated heterocycles. The topological polar surface area (TPSA) is 70.6 Å². The van der Waals surface area contributed by atoms with Gasteiger partial charge < -0.3 is 19.9 Å². The number of urea groups is 1. The highest BCUT2D eigenvalue weighted by atomic mass is 32.1. The van der Waals surface area contributed by atoms with Crippen molar-refractivity contribution >= 4 is 29.0 Å². The first-order chi connectivity index (χ1) is 11.1. The highest BCUT2D eigenvalue weighted by molar-refractivity contribution is 7.08. The minimum atomic E-state index is -0.237. The van der Waals surface area contributed by atoms with E-state index in [1.165, 1.54) is 0 Å². The van der Waals surface area contributed by atoms with Crippen LogP contribution in [0.2, 0.25) is 0 Å². The Labute approximate surface area is 138 Å². The summed E-state index contributed by atoms with van der Waals surface area (Å²) in [5.74, 6) is 0.631. The Morgan fingerprint density at radius 3 is 3.09 bits per heavy atom. The van der Waals surface area contributed by atoms with Gasteiger partial charge in [-0.2, -0.15) is 11.3 Å². The van der Waals surface area contributed by atoms with Crippen LogP contribution in [0.5, 0.6) is 0 Å². The van der Waals surface area contributed by atoms with Crippen LogP contribution in [-0.2, 0) is 4.74 Å². The maximum atomic E-state index is 12.3. The summed E-state index contributed by atoms with van der Waals surface area (Å²) in [6.07, 6.45) is 1.48. The van der Waals surface area contributed by atoms with Gasteiger partial charge in [0.25, 0.3) is 0 Å². The fourth-order valence-electron chi connectivity index (χ4n) is 2.31. The Morgan fingerprint density at radius 1 is 1.48 bits per heavy atom. The van der Waals surface area contributed by atoms with Crippen molar-refractivity contribution in [1.82, 2.24) is 14.9 Å². The maximum Gasteiger partial charge on any atom is 0.322 e. The lowest BCUT2D eigenvalue weighted by Crippen LogP contribution is -2.44. The average Bonchev–Trinajstić information content (AvgIpc) is 3.08. The first-order valence-electron chi connectivity index (χ1n) is 7.33. The molecule has 0 bridgehead atoms. The number of aromatic nitrogens is 2. The van der Waals surface area contributed by atoms with Crippen LogP contribution in [0.25, 0.3) is 0 Å². The lowest BCUT2D eigenvalue weighted by Gasteiger charge is -2.32. The molecule has 1 aliphatic rings. The van der Waals surface area contributed by atoms with Gasteiger partial charge >= 0.3 is 6.03 Å². The summed E-state index contributed by atoms with van der Waals surface area (Å²) in [5.41, 5.74) is 1.61. The molecule has 2 aromatic heterocycles. The van der Waals surface area contributed by atoms with E-state index in [1.807, 2.05) is 41.9 Å². The van der Waals surface area contributed by atoms with Gasteiger partial charge in [-0.3, -0.25) is 0 Å². The fraction of sp³-hybridized carbons (Fsp3) is 0.400. The number of hydrogen-bond acceptors (Lipinski definition) is 6. The van der Waals surface area contributed by atoms with Gasteiger partial charge in [0.2, 0.25) is 5.95 Å². The molecule has 0 aromatic carbocycles. The molecule has 8 heteroatoms. The first kappa shape index (κ1) is 15.7. The zero-order valence-corrected chi connectivity index (χ0v) is 13.9. The second-order valence-electron chi connectivity index (χ2n) is 5.42. The van der Waals surface area contributed by atoms with Crippen molar-refractivity contribution in [2.75, 3.05) is 44.0 Å². The Balaban J connectivity index is 1.68. The fourth-order valence-corrected chi connectivity index (χ4v) is 2.90. The van der Waals surface area contributed by atoms with Gasteiger partial charge in [-0.15, -0.1) is 0 Å². The van der Waals surface area contributed by atoms with Gasteiger partial charge in [-0.05, 0) is 17.5 Å². The van der Waals surface area contributed by atoms with E-state index < -0.39 is 0 Å². The van der Waals surface area contributed by atoms with Crippen LogP contribution < -0.4 is 10.2 Å². The Bertz CT molecular complexity index is 662. The smallest absolute Gasteiger partial charge is 0.322 e. The van der Waals surface area contributed by atoms with Crippen molar-refractivity contribution in [2.45, 2.75) is 6.10 Å². The average molecular weight is 333 g/mol. The lowest BCUT2D eigenvalue weighted by molar-refractivity contribution is -0.0157. The number of amides is 2. The van der Waals surface area contributed by atoms with Crippen LogP contribution >= 0.6 is 11.3 Å². The number of anilines is 2. The summed E-state index contributed by atoms with van der Waals surface area (Å²) in [6.45, 7) is 1.53. The molecular formula is C15H19N5O2S. The van der Waals surface area contributed by atoms with Gasteiger partial charge in [0.05, 0.1) is 24.5 Å². The summed E-state index contributed by atoms with van der Waals surface area (Å²) in [5, 5.41) is 6.73. The summed E-state index contributed by atoms with van der Waals surface area (Å²) < 4.78 is 5.79. The molecule has 2 amide bonds. The standard InChI is InChI=1S/C15H19N5O2S/c1-19(2)14-16-5-3-12(18-14)13-9-20(6-7-22-13)15(21)17-11-4-8-23-10-11/h3-5,8,10,13H,6-7,9H2,1-2H3,(H,17,21)/t13-/m0/s1. The minimum absolute atomic E-state index is 0.112. The van der Waals surface area contributed by atoms with E-state index in [1.54, 1.807) is 22.4 Å². The third-order valence-electron chi connectivity index (χ3n) is 3.52. The van der Waals surface area contributed by atoms with Gasteiger partial charge in [0, 0.05) is 32.2 Å². The monoisotopic (exact) mass is 333 g/mol. The van der Waals surface area contributed by atoms with Crippen molar-refractivity contribution in [3.63, 3.8) is 0 Å². The summed E-state index contributed by atoms with van der Waals surface area (Å²) in [4.78, 5) is 24.6. The zero-order valence-electron chi connectivity index (χ0n) is 13.1. The van der Waals surface area contributed by atoms with Crippen LogP contribution in [0.1, 0.15) is 11.8 Å². The zero-order chi connectivity index (χ0) is 16.2. The van der Waals surface area contributed by atoms with Gasteiger partial charge in [-0.25, -0.2) is 14.8 Å². The number of rotatable bonds is 3. The normalized spacial score (nSPS) is 17.8. The summed E-state index contributed by atoms with van der Waals surface area (Å²) in [6, 6.07) is 3.60. The van der Waals surface area contributed by atoms with Crippen LogP contribution in [0.15, 0.2) is 29.1 Å². The molecule has 1 aliphatic heterocycles. The van der Waals surface area contributed by atoms with Crippen molar-refractivity contribution in [3.05, 3.63) is 34.8 Å². The van der Waals surface area contributed by atoms with E-state index in [-0.39, 0.29) is 12.1 Å². The number of hydrogen-bond donors (Lipinski definition) is 1. The van der Waals surface area contributed by atoms with E-state index in [4.69, 9.17) is 4.74 Å². The predicted octanol–water partition coefficient (Wildman–Crippen LogP) is 2.21. The number of nitrogens with zero attached hydrogens (tertiary/aromatic N) is 4. The Morgan fingerprint density at radius 2 is 2.35 bits per heavy atom. The minimum Gasteiger partial charge on any atom is -0.368 e. The number of thiophene rings is 1. The van der Waals surface area contributed by atoms with Crippen molar-refractivity contribution in [1.29, 1.82) is 0 Å². The number of nitrogens with one attached hydrogen (secondary N) is 1. The molecular weight excluding hydrogens is 314 g/mol. The molecule has 1 fully saturated rings. The first-order valence-corrected chi connectivity index (χ1v) is 8.28. The van der Waals surface area contributed by atoms with E-state index in [2.05, 4.69) is 15.3 Å². The van der Waals surface area contributed by atoms with Crippen LogP contribution in [0.4, 0.5) is 16.4 Å². The molecule has 2 aromatic rings. The van der Waals surface area contributed by atoms with E-state index in [0.29, 0.717) is 25.6 Å². The Kier molecular flexibility index (Phi) is 4.73. The lowest BCUT2D eigenvalue weighted by atomic mass is 10.2. The second-order valence-corrected chi connectivity index (χ2v) is 6.20. The molecule has 3 heterocycles. The number of carbonyl (C=O) groups is 1. The molecule has 3 rings (SSSR count). The van der Waals surface area contributed by atoms with Gasteiger partial charge in [0.1, 0.15) is 6.10 Å². The molecule has 0 unspecified atom stereocenters. The third kappa shape index (κ3) is 3.77. The molecule has 0 aliphatic carbocycles. The number of morpholine rings is 1. The molecule has 1 N–H and O–H groups in total. The van der Waals surface area contributed by atoms with E-state index >= 15 is 0 Å². The molecule has 23 heavy (non-hydrogen) atoms. The van der Waals surface area contributed by atoms with Crippen LogP contribution in [0, 0.1) is 0 Å². The maximum absolute atomic E-state index is 12.3. The third-order valence-corrected chi connectivity index (χ3v) is 4.20. The molecule has 122 valence electrons. The number of carbonyl (C=O) groups excluding carboxylic acids is 1. The van der Waals surface area contributed by atoms with Crippen molar-refractivity contribution < 1.29 is 9.53 Å². The van der Waals surface area contributed by atoms with Crippen LogP contribution in [0.3, 0.4) is 0 Å². The van der Waals surface area contributed by atoms with Gasteiger partial charge in [0.15, 0.2) is 0 Å². The molecule has 1 atom stereocenters. The quantitative estimate of drug-likeness (QED) is 0.932. The summed E-state index contributed by atoms with van der Waals surface area (Å²) in [7, 11) is 3.78. The largest absolute Gasteiger partial charge is 0.368 e. The van der Waals surface area contributed by atoms with Crippen LogP contribution in [-0.4, -0.2) is 54.7 Å². The molecule has 0 saturated carbocycles. The van der Waals surface area contributed by atoms with Crippen molar-refractivity contribution in [3.8, 4) is 0 Å². The molecule has 0 spiro atoms. The molecule has 7 nitrogen and oxygen atoms in total. The van der Waals surface area contributed by atoms with Crippen molar-refractivity contribution in [2.24, 2.45) is 0 Å². The second kappa shape index (κ2) is 6.93. The SMILES string of the molecule is CN(C)c1nccc([C@@H]2CN(C(=O)Nc3ccsc3)CCO2)n1.